The van der Waals surface area contributed by atoms with E-state index in [2.05, 4.69) is 165 Å². The predicted octanol–water partition coefficient (Wildman–Crippen LogP) is 15.3. The maximum atomic E-state index is 6.14. The number of fused-ring (bicyclic) bond motifs is 4. The number of aromatic nitrogens is 6. The summed E-state index contributed by atoms with van der Waals surface area (Å²) in [5.41, 5.74) is 16.5. The number of benzene rings is 4. The van der Waals surface area contributed by atoms with Gasteiger partial charge in [0.25, 0.3) is 0 Å². The van der Waals surface area contributed by atoms with Crippen molar-refractivity contribution >= 4 is 50.8 Å². The topological polar surface area (TPSA) is 82.5 Å². The monoisotopic (exact) mass is 1160 g/mol. The van der Waals surface area contributed by atoms with E-state index in [9.17, 15) is 0 Å². The number of hydrogen-bond donors (Lipinski definition) is 0. The van der Waals surface area contributed by atoms with Gasteiger partial charge in [0, 0.05) is 42.9 Å². The van der Waals surface area contributed by atoms with E-state index in [1.807, 2.05) is 42.6 Å². The Bertz CT molecular complexity index is 3400. The molecular formula is C61H60GeIrN6O-2. The van der Waals surface area contributed by atoms with Gasteiger partial charge in [0.2, 0.25) is 0 Å². The molecule has 0 aliphatic heterocycles. The van der Waals surface area contributed by atoms with Crippen molar-refractivity contribution in [2.24, 2.45) is 5.92 Å². The molecule has 10 aromatic rings. The predicted molar refractivity (Wildman–Crippen MR) is 287 cm³/mol. The van der Waals surface area contributed by atoms with Crippen LogP contribution in [0.5, 0.6) is 0 Å². The molecule has 0 spiro atoms. The van der Waals surface area contributed by atoms with E-state index in [0.717, 1.165) is 73.0 Å². The quantitative estimate of drug-likeness (QED) is 0.100. The van der Waals surface area contributed by atoms with Crippen molar-refractivity contribution < 1.29 is 24.5 Å². The van der Waals surface area contributed by atoms with Crippen LogP contribution in [0, 0.1) is 25.1 Å². The van der Waals surface area contributed by atoms with Gasteiger partial charge in [-0.1, -0.05) is 93.9 Å². The van der Waals surface area contributed by atoms with Gasteiger partial charge < -0.3 is 14.0 Å². The molecule has 355 valence electrons. The van der Waals surface area contributed by atoms with Gasteiger partial charge in [-0.2, -0.15) is 0 Å². The van der Waals surface area contributed by atoms with E-state index in [0.29, 0.717) is 11.3 Å². The third kappa shape index (κ3) is 9.96. The summed E-state index contributed by atoms with van der Waals surface area (Å²) in [5, 5.41) is 1.85. The second kappa shape index (κ2) is 20.7. The zero-order chi connectivity index (χ0) is 47.8. The van der Waals surface area contributed by atoms with Gasteiger partial charge in [-0.15, -0.1) is 6.07 Å². The standard InChI is InChI=1S/C41H34N5O.C20H26GeN.Ir/c1-24(2)31-18-29(27-12-8-6-9-13-27)19-32(25(3)4)39(31)46-38-26(5)42-17-16-35(38)45-40(46)30-20-34-33-21-36(28-14-10-7-11-15-28)43-23-37(33)47-41(34)44-22-30;1-21(2,3)19-15-22-20(17-11-5-4-6-12-17)14-18(19)13-16-9-7-8-10-16;/h6-21,23-25H,1-5H3;4-6,11,14-16H,7-10,13H2,1-3H3;/q2*-1;. The molecule has 1 aliphatic rings. The molecule has 1 radical (unpaired) electrons. The molecular weight excluding hydrogens is 1100 g/mol. The fourth-order valence-corrected chi connectivity index (χ4v) is 13.5. The van der Waals surface area contributed by atoms with Crippen molar-refractivity contribution in [1.82, 2.24) is 29.5 Å². The van der Waals surface area contributed by atoms with Gasteiger partial charge in [0.1, 0.15) is 11.3 Å². The number of nitrogens with zero attached hydrogens (tertiary/aromatic N) is 6. The second-order valence-corrected chi connectivity index (χ2v) is 30.9. The molecule has 1 aliphatic carbocycles. The van der Waals surface area contributed by atoms with E-state index in [4.69, 9.17) is 24.4 Å². The van der Waals surface area contributed by atoms with Crippen LogP contribution in [0.25, 0.3) is 83.8 Å². The third-order valence-corrected chi connectivity index (χ3v) is 18.1. The molecule has 70 heavy (non-hydrogen) atoms. The number of furan rings is 1. The zero-order valence-corrected chi connectivity index (χ0v) is 46.0. The Labute approximate surface area is 429 Å². The molecule has 6 aromatic heterocycles. The Morgan fingerprint density at radius 1 is 0.700 bits per heavy atom. The summed E-state index contributed by atoms with van der Waals surface area (Å²) >= 11 is -1.87. The number of aryl methyl sites for hydroxylation is 1. The van der Waals surface area contributed by atoms with Gasteiger partial charge in [-0.05, 0) is 76.9 Å². The first-order valence-corrected chi connectivity index (χ1v) is 32.0. The molecule has 1 saturated carbocycles. The van der Waals surface area contributed by atoms with E-state index >= 15 is 0 Å². The molecule has 0 bridgehead atoms. The number of hydrogen-bond acceptors (Lipinski definition) is 6. The zero-order valence-electron chi connectivity index (χ0n) is 41.5. The van der Waals surface area contributed by atoms with E-state index in [-0.39, 0.29) is 31.9 Å². The van der Waals surface area contributed by atoms with E-state index in [1.165, 1.54) is 54.4 Å². The maximum Gasteiger partial charge on any atom is 0 e. The average molecular weight is 1160 g/mol. The normalized spacial score (nSPS) is 13.1. The Hall–Kier alpha value is -6.06. The Kier molecular flexibility index (Phi) is 14.5. The molecule has 0 atom stereocenters. The van der Waals surface area contributed by atoms with E-state index in [1.54, 1.807) is 16.2 Å². The fraction of sp³-hybridized carbons (Fsp3) is 0.262. The summed E-state index contributed by atoms with van der Waals surface area (Å²) in [7, 11) is 0. The largest absolute Gasteiger partial charge is 0 e. The molecule has 7 nitrogen and oxygen atoms in total. The van der Waals surface area contributed by atoms with Crippen molar-refractivity contribution in [3.8, 4) is 50.7 Å². The summed E-state index contributed by atoms with van der Waals surface area (Å²) in [6, 6.07) is 45.5. The molecule has 1 fully saturated rings. The first-order chi connectivity index (χ1) is 33.4. The average Bonchev–Trinajstić information content (AvgIpc) is 4.12. The van der Waals surface area contributed by atoms with Gasteiger partial charge in [-0.3, -0.25) is 15.0 Å². The molecule has 11 rings (SSSR count). The third-order valence-electron chi connectivity index (χ3n) is 13.7. The minimum Gasteiger partial charge on any atom is 0 e. The first-order valence-electron chi connectivity index (χ1n) is 24.6. The van der Waals surface area contributed by atoms with Crippen molar-refractivity contribution in [3.63, 3.8) is 0 Å². The summed E-state index contributed by atoms with van der Waals surface area (Å²) in [4.78, 5) is 24.1. The van der Waals surface area contributed by atoms with E-state index < -0.39 is 13.3 Å². The minimum absolute atomic E-state index is 0. The Morgan fingerprint density at radius 2 is 1.37 bits per heavy atom. The van der Waals surface area contributed by atoms with Gasteiger partial charge in [-0.25, -0.2) is 0 Å². The molecule has 6 heterocycles. The van der Waals surface area contributed by atoms with Crippen LogP contribution < -0.4 is 4.40 Å². The van der Waals surface area contributed by atoms with Gasteiger partial charge >= 0.3 is 137 Å². The van der Waals surface area contributed by atoms with Crippen LogP contribution >= 0.6 is 0 Å². The van der Waals surface area contributed by atoms with Crippen LogP contribution in [-0.4, -0.2) is 42.8 Å². The molecule has 0 N–H and O–H groups in total. The summed E-state index contributed by atoms with van der Waals surface area (Å²) in [6.45, 7) is 11.1. The minimum atomic E-state index is -1.87. The Morgan fingerprint density at radius 3 is 2.03 bits per heavy atom. The summed E-state index contributed by atoms with van der Waals surface area (Å²) < 4.78 is 10.0. The SMILES string of the molecule is Cc1nccc2nc(-c3[c-]nc4oc5cnc(-c6ccccc6)cc5c4c3)n(-c3c(C(C)C)cc(-c4ccccc4)cc3C(C)C)c12.[CH3][Ge]([CH3])([CH3])[c]1cnc(-c2[c-]cccc2)cc1CC1CCCC1.[Ir]. The van der Waals surface area contributed by atoms with Crippen LogP contribution in [-0.2, 0) is 26.5 Å². The first kappa shape index (κ1) is 48.9. The summed E-state index contributed by atoms with van der Waals surface area (Å²) in [5.74, 6) is 9.59. The second-order valence-electron chi connectivity index (χ2n) is 20.4. The molecule has 4 aromatic carbocycles. The Balaban J connectivity index is 0.000000222. The molecule has 0 unspecified atom stereocenters. The number of rotatable bonds is 10. The van der Waals surface area contributed by atoms with Crippen molar-refractivity contribution in [3.05, 3.63) is 175 Å². The smallest absolute Gasteiger partial charge is 0 e. The molecule has 0 saturated heterocycles. The van der Waals surface area contributed by atoms with Crippen LogP contribution in [0.1, 0.15) is 87.6 Å². The number of pyridine rings is 4. The maximum absolute atomic E-state index is 6.14. The van der Waals surface area contributed by atoms with Crippen molar-refractivity contribution in [1.29, 1.82) is 0 Å². The van der Waals surface area contributed by atoms with Crippen LogP contribution in [0.4, 0.5) is 0 Å². The van der Waals surface area contributed by atoms with Crippen LogP contribution in [0.15, 0.2) is 144 Å². The number of imidazole rings is 1. The fourth-order valence-electron chi connectivity index (χ4n) is 10.2. The summed E-state index contributed by atoms with van der Waals surface area (Å²) in [6.07, 6.45) is 16.0. The van der Waals surface area contributed by atoms with Gasteiger partial charge in [0.05, 0.1) is 34.4 Å². The molecule has 9 heteroatoms. The molecule has 0 amide bonds. The van der Waals surface area contributed by atoms with Gasteiger partial charge in [0.15, 0.2) is 0 Å². The van der Waals surface area contributed by atoms with Crippen LogP contribution in [0.3, 0.4) is 0 Å². The van der Waals surface area contributed by atoms with Crippen molar-refractivity contribution in [2.75, 3.05) is 0 Å². The van der Waals surface area contributed by atoms with Crippen LogP contribution in [0.2, 0.25) is 17.3 Å². The van der Waals surface area contributed by atoms with Crippen molar-refractivity contribution in [2.45, 2.75) is 95.8 Å².